The van der Waals surface area contributed by atoms with E-state index in [2.05, 4.69) is 20.7 Å². The predicted octanol–water partition coefficient (Wildman–Crippen LogP) is 3.52. The molecule has 0 aliphatic carbocycles. The second-order valence-corrected chi connectivity index (χ2v) is 7.49. The maximum absolute atomic E-state index is 14.3. The highest BCUT2D eigenvalue weighted by atomic mass is 79.9. The molecule has 1 unspecified atom stereocenters. The Bertz CT molecular complexity index is 1030. The van der Waals surface area contributed by atoms with Crippen LogP contribution >= 0.6 is 15.9 Å². The number of carbonyl (C=O) groups is 4. The van der Waals surface area contributed by atoms with Crippen molar-refractivity contribution in [2.45, 2.75) is 25.8 Å². The van der Waals surface area contributed by atoms with E-state index in [0.717, 1.165) is 4.90 Å². The number of rotatable bonds is 5. The van der Waals surface area contributed by atoms with Crippen molar-refractivity contribution in [3.63, 3.8) is 0 Å². The van der Waals surface area contributed by atoms with E-state index in [1.807, 2.05) is 5.32 Å². The minimum absolute atomic E-state index is 0.0886. The van der Waals surface area contributed by atoms with Crippen LogP contribution in [0.4, 0.5) is 9.18 Å². The first-order valence-electron chi connectivity index (χ1n) is 9.17. The van der Waals surface area contributed by atoms with Crippen molar-refractivity contribution >= 4 is 39.7 Å². The van der Waals surface area contributed by atoms with Gasteiger partial charge in [0.25, 0.3) is 5.91 Å². The molecule has 30 heavy (non-hydrogen) atoms. The molecule has 0 saturated heterocycles. The fourth-order valence-corrected chi connectivity index (χ4v) is 3.58. The van der Waals surface area contributed by atoms with Crippen LogP contribution < -0.4 is 5.32 Å². The molecule has 1 heterocycles. The summed E-state index contributed by atoms with van der Waals surface area (Å²) in [5, 5.41) is 2.05. The van der Waals surface area contributed by atoms with Gasteiger partial charge in [0, 0.05) is 22.0 Å². The van der Waals surface area contributed by atoms with Crippen molar-refractivity contribution in [1.82, 2.24) is 10.2 Å². The van der Waals surface area contributed by atoms with Crippen molar-refractivity contribution in [2.75, 3.05) is 6.61 Å². The van der Waals surface area contributed by atoms with Crippen LogP contribution in [-0.4, -0.2) is 35.3 Å². The fraction of sp³-hybridized carbons (Fsp3) is 0.238. The third-order valence-electron chi connectivity index (χ3n) is 4.63. The van der Waals surface area contributed by atoms with Crippen molar-refractivity contribution in [3.8, 4) is 0 Å². The average molecular weight is 477 g/mol. The quantitative estimate of drug-likeness (QED) is 0.666. The minimum atomic E-state index is -0.994. The van der Waals surface area contributed by atoms with Crippen molar-refractivity contribution in [1.29, 1.82) is 0 Å². The number of amides is 4. The molecule has 2 aromatic rings. The summed E-state index contributed by atoms with van der Waals surface area (Å²) >= 11 is 3.16. The summed E-state index contributed by atoms with van der Waals surface area (Å²) < 4.78 is 19.5. The molecule has 3 rings (SSSR count). The first-order chi connectivity index (χ1) is 14.3. The zero-order chi connectivity index (χ0) is 21.8. The predicted molar refractivity (Wildman–Crippen MR) is 108 cm³/mol. The summed E-state index contributed by atoms with van der Waals surface area (Å²) in [6.45, 7) is 1.40. The van der Waals surface area contributed by atoms with E-state index in [0.29, 0.717) is 10.0 Å². The number of fused-ring (bicyclic) bond motifs is 1. The van der Waals surface area contributed by atoms with Crippen LogP contribution in [-0.2, 0) is 20.9 Å². The Labute approximate surface area is 180 Å². The number of nitrogens with one attached hydrogen (secondary N) is 1. The molecular formula is C21H18BrFN2O5. The van der Waals surface area contributed by atoms with Crippen LogP contribution in [0, 0.1) is 5.82 Å². The topological polar surface area (TPSA) is 92.8 Å². The van der Waals surface area contributed by atoms with Crippen molar-refractivity contribution in [3.05, 3.63) is 69.4 Å². The van der Waals surface area contributed by atoms with Gasteiger partial charge in [-0.1, -0.05) is 40.2 Å². The highest BCUT2D eigenvalue weighted by Crippen LogP contribution is 2.33. The van der Waals surface area contributed by atoms with E-state index in [1.165, 1.54) is 12.1 Å². The molecule has 2 aromatic carbocycles. The van der Waals surface area contributed by atoms with Gasteiger partial charge in [-0.3, -0.25) is 24.6 Å². The van der Waals surface area contributed by atoms with Gasteiger partial charge in [-0.15, -0.1) is 0 Å². The van der Waals surface area contributed by atoms with Gasteiger partial charge in [-0.05, 0) is 30.7 Å². The van der Waals surface area contributed by atoms with Crippen LogP contribution in [0.3, 0.4) is 0 Å². The second-order valence-electron chi connectivity index (χ2n) is 6.58. The van der Waals surface area contributed by atoms with Gasteiger partial charge in [-0.25, -0.2) is 9.18 Å². The lowest BCUT2D eigenvalue weighted by atomic mass is 9.86. The summed E-state index contributed by atoms with van der Waals surface area (Å²) in [6, 6.07) is 10.8. The zero-order valence-electron chi connectivity index (χ0n) is 16.0. The second kappa shape index (κ2) is 9.17. The molecule has 4 amide bonds. The highest BCUT2D eigenvalue weighted by Gasteiger charge is 2.40. The lowest BCUT2D eigenvalue weighted by Gasteiger charge is -2.32. The standard InChI is InChI=1S/C21H18BrFN2O5/c1-2-30-21(29)24-18(26)10-16-14-5-3-4-6-15(14)19(27)25(20(16)28)11-12-7-8-13(22)9-17(12)23/h3-9,16H,2,10-11H2,1H3,(H,24,26,29). The summed E-state index contributed by atoms with van der Waals surface area (Å²) in [5.41, 5.74) is 0.802. The number of carbonyl (C=O) groups excluding carboxylic acids is 4. The highest BCUT2D eigenvalue weighted by molar-refractivity contribution is 9.10. The summed E-state index contributed by atoms with van der Waals surface area (Å²) in [4.78, 5) is 50.7. The molecule has 9 heteroatoms. The molecule has 0 bridgehead atoms. The molecule has 1 aliphatic heterocycles. The van der Waals surface area contributed by atoms with Crippen LogP contribution in [0.25, 0.3) is 0 Å². The van der Waals surface area contributed by atoms with Crippen molar-refractivity contribution in [2.24, 2.45) is 0 Å². The number of benzene rings is 2. The fourth-order valence-electron chi connectivity index (χ4n) is 3.25. The Morgan fingerprint density at radius 1 is 1.20 bits per heavy atom. The molecule has 0 fully saturated rings. The monoisotopic (exact) mass is 476 g/mol. The molecular weight excluding hydrogens is 459 g/mol. The first-order valence-corrected chi connectivity index (χ1v) is 9.96. The van der Waals surface area contributed by atoms with E-state index >= 15 is 0 Å². The van der Waals surface area contributed by atoms with Gasteiger partial charge in [0.15, 0.2) is 0 Å². The number of ether oxygens (including phenoxy) is 1. The molecule has 1 aliphatic rings. The molecule has 0 aromatic heterocycles. The van der Waals surface area contributed by atoms with E-state index in [4.69, 9.17) is 0 Å². The summed E-state index contributed by atoms with van der Waals surface area (Å²) in [7, 11) is 0. The number of hydrogen-bond acceptors (Lipinski definition) is 5. The molecule has 0 radical (unpaired) electrons. The Morgan fingerprint density at radius 3 is 2.63 bits per heavy atom. The Balaban J connectivity index is 1.89. The summed E-state index contributed by atoms with van der Waals surface area (Å²) in [6.07, 6.45) is -1.27. The van der Waals surface area contributed by atoms with Gasteiger partial charge in [-0.2, -0.15) is 0 Å². The van der Waals surface area contributed by atoms with Gasteiger partial charge in [0.2, 0.25) is 11.8 Å². The van der Waals surface area contributed by atoms with Gasteiger partial charge >= 0.3 is 6.09 Å². The normalized spacial score (nSPS) is 15.6. The first kappa shape index (κ1) is 21.6. The number of halogens is 2. The lowest BCUT2D eigenvalue weighted by molar-refractivity contribution is -0.134. The zero-order valence-corrected chi connectivity index (χ0v) is 17.6. The maximum Gasteiger partial charge on any atom is 0.413 e. The largest absolute Gasteiger partial charge is 0.450 e. The van der Waals surface area contributed by atoms with Crippen LogP contribution in [0.5, 0.6) is 0 Å². The number of hydrogen-bond donors (Lipinski definition) is 1. The van der Waals surface area contributed by atoms with Crippen LogP contribution in [0.1, 0.15) is 40.7 Å². The van der Waals surface area contributed by atoms with Gasteiger partial charge in [0.05, 0.1) is 19.1 Å². The Morgan fingerprint density at radius 2 is 1.93 bits per heavy atom. The van der Waals surface area contributed by atoms with Crippen molar-refractivity contribution < 1.29 is 28.3 Å². The average Bonchev–Trinajstić information content (AvgIpc) is 2.70. The van der Waals surface area contributed by atoms with E-state index in [-0.39, 0.29) is 30.7 Å². The Hall–Kier alpha value is -3.07. The summed E-state index contributed by atoms with van der Waals surface area (Å²) in [5.74, 6) is -3.49. The molecule has 7 nitrogen and oxygen atoms in total. The van der Waals surface area contributed by atoms with Gasteiger partial charge in [0.1, 0.15) is 5.82 Å². The molecule has 1 N–H and O–H groups in total. The van der Waals surface area contributed by atoms with Gasteiger partial charge < -0.3 is 4.74 Å². The van der Waals surface area contributed by atoms with E-state index < -0.39 is 35.5 Å². The maximum atomic E-state index is 14.3. The SMILES string of the molecule is CCOC(=O)NC(=O)CC1C(=O)N(Cc2ccc(Br)cc2F)C(=O)c2ccccc21. The molecule has 1 atom stereocenters. The lowest BCUT2D eigenvalue weighted by Crippen LogP contribution is -2.46. The third kappa shape index (κ3) is 4.56. The van der Waals surface area contributed by atoms with E-state index in [9.17, 15) is 23.6 Å². The molecule has 0 spiro atoms. The number of alkyl carbamates (subject to hydrolysis) is 1. The number of nitrogens with zero attached hydrogens (tertiary/aromatic N) is 1. The van der Waals surface area contributed by atoms with Crippen LogP contribution in [0.15, 0.2) is 46.9 Å². The Kier molecular flexibility index (Phi) is 6.61. The van der Waals surface area contributed by atoms with Crippen LogP contribution in [0.2, 0.25) is 0 Å². The minimum Gasteiger partial charge on any atom is -0.450 e. The third-order valence-corrected chi connectivity index (χ3v) is 5.12. The molecule has 156 valence electrons. The van der Waals surface area contributed by atoms with E-state index in [1.54, 1.807) is 37.3 Å². The molecule has 0 saturated carbocycles. The number of imide groups is 2. The smallest absolute Gasteiger partial charge is 0.413 e.